The monoisotopic (exact) mass is 185 g/mol. The lowest BCUT2D eigenvalue weighted by Crippen LogP contribution is -2.27. The molecule has 0 saturated carbocycles. The summed E-state index contributed by atoms with van der Waals surface area (Å²) in [6.45, 7) is 9.27. The lowest BCUT2D eigenvalue weighted by Gasteiger charge is -2.16. The molecule has 13 heavy (non-hydrogen) atoms. The molecule has 0 aromatic carbocycles. The molecule has 0 unspecified atom stereocenters. The van der Waals surface area contributed by atoms with Crippen LogP contribution in [0, 0.1) is 0 Å². The second-order valence-electron chi connectivity index (χ2n) is 2.69. The van der Waals surface area contributed by atoms with E-state index in [1.165, 1.54) is 6.08 Å². The summed E-state index contributed by atoms with van der Waals surface area (Å²) in [4.78, 5) is 13.1. The number of ether oxygens (including phenoxy) is 1. The molecule has 0 aliphatic heterocycles. The summed E-state index contributed by atoms with van der Waals surface area (Å²) in [7, 11) is 0. The molecule has 0 aliphatic carbocycles. The molecule has 0 radical (unpaired) electrons. The highest BCUT2D eigenvalue weighted by Gasteiger charge is 2.00. The van der Waals surface area contributed by atoms with Gasteiger partial charge in [0.25, 0.3) is 0 Å². The van der Waals surface area contributed by atoms with E-state index in [0.717, 1.165) is 19.6 Å². The molecule has 0 amide bonds. The first-order valence-corrected chi connectivity index (χ1v) is 4.76. The van der Waals surface area contributed by atoms with Gasteiger partial charge in [-0.25, -0.2) is 4.79 Å². The molecule has 0 rings (SSSR count). The van der Waals surface area contributed by atoms with E-state index in [9.17, 15) is 4.79 Å². The molecule has 0 spiro atoms. The first-order chi connectivity index (χ1) is 6.24. The average molecular weight is 185 g/mol. The van der Waals surface area contributed by atoms with Crippen LogP contribution in [0.4, 0.5) is 0 Å². The van der Waals surface area contributed by atoms with Crippen LogP contribution in [0.3, 0.4) is 0 Å². The number of hydrogen-bond donors (Lipinski definition) is 0. The van der Waals surface area contributed by atoms with Crippen molar-refractivity contribution in [2.24, 2.45) is 0 Å². The smallest absolute Gasteiger partial charge is 0.330 e. The van der Waals surface area contributed by atoms with Gasteiger partial charge >= 0.3 is 5.97 Å². The van der Waals surface area contributed by atoms with E-state index in [-0.39, 0.29) is 5.97 Å². The Morgan fingerprint density at radius 2 is 2.00 bits per heavy atom. The maximum absolute atomic E-state index is 10.9. The van der Waals surface area contributed by atoms with Gasteiger partial charge in [-0.1, -0.05) is 19.9 Å². The first-order valence-electron chi connectivity index (χ1n) is 4.76. The van der Waals surface area contributed by atoms with Crippen molar-refractivity contribution in [3.05, 3.63) is 12.2 Å². The Hall–Kier alpha value is -0.830. The zero-order valence-electron chi connectivity index (χ0n) is 8.75. The molecular weight excluding hydrogens is 166 g/mol. The van der Waals surface area contributed by atoms with Crippen LogP contribution in [0.5, 0.6) is 0 Å². The number of rotatable bonds is 6. The zero-order chi connectivity index (χ0) is 10.1. The second-order valence-corrected chi connectivity index (χ2v) is 2.69. The van der Waals surface area contributed by atoms with Gasteiger partial charge in [-0.3, -0.25) is 0 Å². The number of nitrogens with zero attached hydrogens (tertiary/aromatic N) is 1. The minimum Gasteiger partial charge on any atom is -0.461 e. The molecule has 76 valence electrons. The van der Waals surface area contributed by atoms with Crippen LogP contribution >= 0.6 is 0 Å². The number of likely N-dealkylation sites (N-methyl/N-ethyl adjacent to an activating group) is 1. The number of allylic oxidation sites excluding steroid dienone is 1. The van der Waals surface area contributed by atoms with Crippen molar-refractivity contribution in [3.63, 3.8) is 0 Å². The number of esters is 1. The van der Waals surface area contributed by atoms with Crippen molar-refractivity contribution < 1.29 is 9.53 Å². The molecule has 0 aromatic heterocycles. The predicted molar refractivity (Wildman–Crippen MR) is 53.6 cm³/mol. The van der Waals surface area contributed by atoms with Gasteiger partial charge in [0.15, 0.2) is 0 Å². The second kappa shape index (κ2) is 7.80. The summed E-state index contributed by atoms with van der Waals surface area (Å²) in [5.74, 6) is -0.255. The lowest BCUT2D eigenvalue weighted by atomic mass is 10.5. The normalized spacial score (nSPS) is 11.1. The first kappa shape index (κ1) is 12.2. The molecule has 3 heteroatoms. The number of carbonyl (C=O) groups excluding carboxylic acids is 1. The Kier molecular flexibility index (Phi) is 7.30. The highest BCUT2D eigenvalue weighted by atomic mass is 16.5. The van der Waals surface area contributed by atoms with Crippen LogP contribution in [0.1, 0.15) is 20.8 Å². The van der Waals surface area contributed by atoms with E-state index in [1.807, 2.05) is 0 Å². The van der Waals surface area contributed by atoms with Crippen molar-refractivity contribution in [1.82, 2.24) is 4.90 Å². The third-order valence-corrected chi connectivity index (χ3v) is 1.85. The molecule has 0 saturated heterocycles. The van der Waals surface area contributed by atoms with Gasteiger partial charge in [-0.15, -0.1) is 0 Å². The molecule has 0 bridgehead atoms. The van der Waals surface area contributed by atoms with Crippen molar-refractivity contribution in [3.8, 4) is 0 Å². The molecule has 0 heterocycles. The average Bonchev–Trinajstić information content (AvgIpc) is 2.13. The van der Waals surface area contributed by atoms with Crippen LogP contribution in [-0.4, -0.2) is 37.1 Å². The third-order valence-electron chi connectivity index (χ3n) is 1.85. The molecule has 0 aliphatic rings. The highest BCUT2D eigenvalue weighted by molar-refractivity contribution is 5.81. The summed E-state index contributed by atoms with van der Waals surface area (Å²) in [6.07, 6.45) is 3.11. The van der Waals surface area contributed by atoms with Crippen LogP contribution in [0.25, 0.3) is 0 Å². The number of hydrogen-bond acceptors (Lipinski definition) is 3. The fourth-order valence-corrected chi connectivity index (χ4v) is 0.999. The largest absolute Gasteiger partial charge is 0.461 e. The highest BCUT2D eigenvalue weighted by Crippen LogP contribution is 1.88. The molecular formula is C10H19NO2. The van der Waals surface area contributed by atoms with Gasteiger partial charge in [-0.2, -0.15) is 0 Å². The maximum atomic E-state index is 10.9. The van der Waals surface area contributed by atoms with E-state index < -0.39 is 0 Å². The van der Waals surface area contributed by atoms with Gasteiger partial charge in [0.05, 0.1) is 0 Å². The quantitative estimate of drug-likeness (QED) is 0.463. The van der Waals surface area contributed by atoms with Crippen LogP contribution < -0.4 is 0 Å². The Labute approximate surface area is 80.4 Å². The Morgan fingerprint density at radius 1 is 1.38 bits per heavy atom. The van der Waals surface area contributed by atoms with Gasteiger partial charge in [-0.05, 0) is 20.0 Å². The van der Waals surface area contributed by atoms with E-state index >= 15 is 0 Å². The van der Waals surface area contributed by atoms with Crippen molar-refractivity contribution in [2.45, 2.75) is 20.8 Å². The van der Waals surface area contributed by atoms with Crippen LogP contribution in [0.15, 0.2) is 12.2 Å². The molecule has 0 atom stereocenters. The summed E-state index contributed by atoms with van der Waals surface area (Å²) < 4.78 is 4.95. The Bertz CT molecular complexity index is 162. The van der Waals surface area contributed by atoms with Gasteiger partial charge < -0.3 is 9.64 Å². The van der Waals surface area contributed by atoms with Gasteiger partial charge in [0.1, 0.15) is 6.61 Å². The lowest BCUT2D eigenvalue weighted by molar-refractivity contribution is -0.138. The van der Waals surface area contributed by atoms with E-state index in [1.54, 1.807) is 13.0 Å². The van der Waals surface area contributed by atoms with Crippen molar-refractivity contribution >= 4 is 5.97 Å². The van der Waals surface area contributed by atoms with Crippen LogP contribution in [-0.2, 0) is 9.53 Å². The third kappa shape index (κ3) is 6.34. The Morgan fingerprint density at radius 3 is 2.46 bits per heavy atom. The summed E-state index contributed by atoms with van der Waals surface area (Å²) in [6, 6.07) is 0. The van der Waals surface area contributed by atoms with Gasteiger partial charge in [0.2, 0.25) is 0 Å². The predicted octanol–water partition coefficient (Wildman–Crippen LogP) is 1.45. The standard InChI is InChI=1S/C10H19NO2/c1-4-7-10(12)13-9-8-11(5-2)6-3/h4,7H,5-6,8-9H2,1-3H3. The van der Waals surface area contributed by atoms with Crippen molar-refractivity contribution in [2.75, 3.05) is 26.2 Å². The topological polar surface area (TPSA) is 29.5 Å². The van der Waals surface area contributed by atoms with E-state index in [4.69, 9.17) is 4.74 Å². The summed E-state index contributed by atoms with van der Waals surface area (Å²) in [5.41, 5.74) is 0. The maximum Gasteiger partial charge on any atom is 0.330 e. The van der Waals surface area contributed by atoms with Crippen molar-refractivity contribution in [1.29, 1.82) is 0 Å². The fourth-order valence-electron chi connectivity index (χ4n) is 0.999. The summed E-state index contributed by atoms with van der Waals surface area (Å²) in [5, 5.41) is 0. The molecule has 0 fully saturated rings. The molecule has 0 aromatic rings. The van der Waals surface area contributed by atoms with Crippen LogP contribution in [0.2, 0.25) is 0 Å². The fraction of sp³-hybridized carbons (Fsp3) is 0.700. The zero-order valence-corrected chi connectivity index (χ0v) is 8.75. The van der Waals surface area contributed by atoms with E-state index in [0.29, 0.717) is 6.61 Å². The van der Waals surface area contributed by atoms with Gasteiger partial charge in [0, 0.05) is 12.6 Å². The minimum absolute atomic E-state index is 0.255. The van der Waals surface area contributed by atoms with E-state index in [2.05, 4.69) is 18.7 Å². The summed E-state index contributed by atoms with van der Waals surface area (Å²) >= 11 is 0. The minimum atomic E-state index is -0.255. The Balaban J connectivity index is 3.48. The molecule has 3 nitrogen and oxygen atoms in total. The SMILES string of the molecule is CC=CC(=O)OCCN(CC)CC. The molecule has 0 N–H and O–H groups in total. The number of carbonyl (C=O) groups is 1.